The monoisotopic (exact) mass is 363 g/mol. The van der Waals surface area contributed by atoms with E-state index in [0.717, 1.165) is 19.4 Å². The molecule has 1 unspecified atom stereocenters. The van der Waals surface area contributed by atoms with Crippen molar-refractivity contribution in [2.45, 2.75) is 25.9 Å². The number of piperazine rings is 1. The molecule has 3 rings (SSSR count). The summed E-state index contributed by atoms with van der Waals surface area (Å²) in [6.07, 6.45) is 4.91. The zero-order chi connectivity index (χ0) is 18.4. The van der Waals surface area contributed by atoms with Gasteiger partial charge in [0.2, 0.25) is 5.95 Å². The molecule has 9 heteroatoms. The van der Waals surface area contributed by atoms with Crippen LogP contribution in [0.3, 0.4) is 0 Å². The number of ether oxygens (including phenoxy) is 2. The third kappa shape index (κ3) is 4.60. The molecule has 0 radical (unpaired) electrons. The van der Waals surface area contributed by atoms with Gasteiger partial charge in [-0.05, 0) is 19.8 Å². The van der Waals surface area contributed by atoms with Gasteiger partial charge in [-0.1, -0.05) is 0 Å². The van der Waals surface area contributed by atoms with Gasteiger partial charge in [0.25, 0.3) is 5.91 Å². The molecule has 2 saturated heterocycles. The average molecular weight is 363 g/mol. The maximum absolute atomic E-state index is 12.2. The maximum atomic E-state index is 12.2. The van der Waals surface area contributed by atoms with Crippen LogP contribution in [0.15, 0.2) is 12.4 Å². The SMILES string of the molecule is CCOC(=O)N1CCN(c2ncc(C(=O)NCC3CCCO3)cn2)CC1. The van der Waals surface area contributed by atoms with E-state index in [1.807, 2.05) is 4.90 Å². The number of anilines is 1. The maximum Gasteiger partial charge on any atom is 0.409 e. The van der Waals surface area contributed by atoms with E-state index in [1.54, 1.807) is 11.8 Å². The Labute approximate surface area is 152 Å². The highest BCUT2D eigenvalue weighted by Crippen LogP contribution is 2.13. The minimum atomic E-state index is -0.286. The molecule has 1 aromatic rings. The number of amides is 2. The van der Waals surface area contributed by atoms with Crippen LogP contribution < -0.4 is 10.2 Å². The Morgan fingerprint density at radius 2 is 2.00 bits per heavy atom. The van der Waals surface area contributed by atoms with Crippen LogP contribution in [0.1, 0.15) is 30.1 Å². The molecule has 1 atom stereocenters. The molecule has 0 bridgehead atoms. The highest BCUT2D eigenvalue weighted by atomic mass is 16.6. The second-order valence-corrected chi connectivity index (χ2v) is 6.29. The summed E-state index contributed by atoms with van der Waals surface area (Å²) in [6, 6.07) is 0. The molecule has 2 fully saturated rings. The third-order valence-corrected chi connectivity index (χ3v) is 4.50. The summed E-state index contributed by atoms with van der Waals surface area (Å²) in [5, 5.41) is 2.85. The molecule has 3 heterocycles. The average Bonchev–Trinajstić information content (AvgIpc) is 3.20. The molecule has 9 nitrogen and oxygen atoms in total. The summed E-state index contributed by atoms with van der Waals surface area (Å²) in [5.41, 5.74) is 0.428. The molecule has 142 valence electrons. The smallest absolute Gasteiger partial charge is 0.409 e. The summed E-state index contributed by atoms with van der Waals surface area (Å²) in [6.45, 7) is 5.82. The van der Waals surface area contributed by atoms with Crippen molar-refractivity contribution in [2.75, 3.05) is 50.8 Å². The fourth-order valence-corrected chi connectivity index (χ4v) is 3.02. The molecule has 0 spiro atoms. The van der Waals surface area contributed by atoms with E-state index in [1.165, 1.54) is 12.4 Å². The van der Waals surface area contributed by atoms with Crippen LogP contribution >= 0.6 is 0 Å². The van der Waals surface area contributed by atoms with Gasteiger partial charge in [-0.15, -0.1) is 0 Å². The summed E-state index contributed by atoms with van der Waals surface area (Å²) >= 11 is 0. The van der Waals surface area contributed by atoms with Crippen molar-refractivity contribution >= 4 is 17.9 Å². The van der Waals surface area contributed by atoms with E-state index in [2.05, 4.69) is 15.3 Å². The second-order valence-electron chi connectivity index (χ2n) is 6.29. The zero-order valence-electron chi connectivity index (χ0n) is 15.0. The fraction of sp³-hybridized carbons (Fsp3) is 0.647. The number of aromatic nitrogens is 2. The Hall–Kier alpha value is -2.42. The van der Waals surface area contributed by atoms with Gasteiger partial charge in [-0.2, -0.15) is 0 Å². The molecule has 0 aliphatic carbocycles. The Morgan fingerprint density at radius 1 is 1.27 bits per heavy atom. The number of carbonyl (C=O) groups is 2. The van der Waals surface area contributed by atoms with Crippen molar-refractivity contribution in [1.82, 2.24) is 20.2 Å². The van der Waals surface area contributed by atoms with Gasteiger partial charge in [0, 0.05) is 51.7 Å². The Balaban J connectivity index is 1.48. The molecule has 0 saturated carbocycles. The van der Waals surface area contributed by atoms with E-state index >= 15 is 0 Å². The van der Waals surface area contributed by atoms with Crippen molar-refractivity contribution < 1.29 is 19.1 Å². The number of nitrogens with one attached hydrogen (secondary N) is 1. The van der Waals surface area contributed by atoms with E-state index in [0.29, 0.717) is 50.8 Å². The van der Waals surface area contributed by atoms with E-state index in [4.69, 9.17) is 9.47 Å². The lowest BCUT2D eigenvalue weighted by Crippen LogP contribution is -2.49. The van der Waals surface area contributed by atoms with Gasteiger partial charge in [0.1, 0.15) is 0 Å². The first kappa shape index (κ1) is 18.4. The molecule has 1 aromatic heterocycles. The largest absolute Gasteiger partial charge is 0.450 e. The highest BCUT2D eigenvalue weighted by Gasteiger charge is 2.23. The number of hydrogen-bond donors (Lipinski definition) is 1. The lowest BCUT2D eigenvalue weighted by Gasteiger charge is -2.33. The van der Waals surface area contributed by atoms with Crippen LogP contribution in [0.5, 0.6) is 0 Å². The van der Waals surface area contributed by atoms with Crippen molar-refractivity contribution in [1.29, 1.82) is 0 Å². The lowest BCUT2D eigenvalue weighted by atomic mass is 10.2. The van der Waals surface area contributed by atoms with Crippen LogP contribution in [-0.2, 0) is 9.47 Å². The first-order valence-electron chi connectivity index (χ1n) is 9.06. The third-order valence-electron chi connectivity index (χ3n) is 4.50. The van der Waals surface area contributed by atoms with E-state index < -0.39 is 0 Å². The van der Waals surface area contributed by atoms with Crippen LogP contribution in [-0.4, -0.2) is 78.9 Å². The summed E-state index contributed by atoms with van der Waals surface area (Å²) in [7, 11) is 0. The minimum absolute atomic E-state index is 0.106. The Morgan fingerprint density at radius 3 is 2.62 bits per heavy atom. The first-order valence-corrected chi connectivity index (χ1v) is 9.06. The van der Waals surface area contributed by atoms with Crippen molar-refractivity contribution in [3.8, 4) is 0 Å². The van der Waals surface area contributed by atoms with Crippen molar-refractivity contribution in [3.63, 3.8) is 0 Å². The van der Waals surface area contributed by atoms with Gasteiger partial charge in [-0.3, -0.25) is 4.79 Å². The molecule has 2 amide bonds. The van der Waals surface area contributed by atoms with E-state index in [-0.39, 0.29) is 18.1 Å². The summed E-state index contributed by atoms with van der Waals surface area (Å²) in [4.78, 5) is 36.1. The number of nitrogens with zero attached hydrogens (tertiary/aromatic N) is 4. The van der Waals surface area contributed by atoms with Crippen LogP contribution in [0.25, 0.3) is 0 Å². The van der Waals surface area contributed by atoms with Gasteiger partial charge in [0.15, 0.2) is 0 Å². The predicted molar refractivity (Wildman–Crippen MR) is 94.1 cm³/mol. The highest BCUT2D eigenvalue weighted by molar-refractivity contribution is 5.93. The van der Waals surface area contributed by atoms with Crippen LogP contribution in [0.4, 0.5) is 10.7 Å². The molecule has 2 aliphatic rings. The Kier molecular flexibility index (Phi) is 6.21. The zero-order valence-corrected chi connectivity index (χ0v) is 15.0. The van der Waals surface area contributed by atoms with Gasteiger partial charge in [0.05, 0.1) is 18.3 Å². The lowest BCUT2D eigenvalue weighted by molar-refractivity contribution is 0.0857. The summed E-state index contributed by atoms with van der Waals surface area (Å²) in [5.74, 6) is 0.364. The topological polar surface area (TPSA) is 96.9 Å². The van der Waals surface area contributed by atoms with Gasteiger partial charge < -0.3 is 24.6 Å². The predicted octanol–water partition coefficient (Wildman–Crippen LogP) is 0.664. The van der Waals surface area contributed by atoms with Crippen molar-refractivity contribution in [3.05, 3.63) is 18.0 Å². The molecule has 1 N–H and O–H groups in total. The molecular formula is C17H25N5O4. The van der Waals surface area contributed by atoms with Crippen LogP contribution in [0, 0.1) is 0 Å². The van der Waals surface area contributed by atoms with Crippen LogP contribution in [0.2, 0.25) is 0 Å². The standard InChI is InChI=1S/C17H25N5O4/c1-2-25-17(24)22-7-5-21(6-8-22)16-19-10-13(11-20-16)15(23)18-12-14-4-3-9-26-14/h10-11,14H,2-9,12H2,1H3,(H,18,23). The summed E-state index contributed by atoms with van der Waals surface area (Å²) < 4.78 is 10.5. The van der Waals surface area contributed by atoms with E-state index in [9.17, 15) is 9.59 Å². The quantitative estimate of drug-likeness (QED) is 0.821. The van der Waals surface area contributed by atoms with Gasteiger partial charge in [-0.25, -0.2) is 14.8 Å². The normalized spacial score (nSPS) is 20.1. The first-order chi connectivity index (χ1) is 12.7. The molecule has 2 aliphatic heterocycles. The molecular weight excluding hydrogens is 338 g/mol. The van der Waals surface area contributed by atoms with Crippen molar-refractivity contribution in [2.24, 2.45) is 0 Å². The minimum Gasteiger partial charge on any atom is -0.450 e. The Bertz CT molecular complexity index is 610. The fourth-order valence-electron chi connectivity index (χ4n) is 3.02. The second kappa shape index (κ2) is 8.79. The van der Waals surface area contributed by atoms with Gasteiger partial charge >= 0.3 is 6.09 Å². The number of rotatable bonds is 5. The number of hydrogen-bond acceptors (Lipinski definition) is 7. The number of carbonyl (C=O) groups excluding carboxylic acids is 2. The molecule has 0 aromatic carbocycles. The molecule has 26 heavy (non-hydrogen) atoms.